The lowest BCUT2D eigenvalue weighted by atomic mass is 10.2. The summed E-state index contributed by atoms with van der Waals surface area (Å²) in [5.74, 6) is -0.791. The molecule has 0 spiro atoms. The van der Waals surface area contributed by atoms with Gasteiger partial charge in [-0.25, -0.2) is 8.78 Å². The quantitative estimate of drug-likeness (QED) is 0.782. The molecule has 1 rings (SSSR count). The molecule has 0 heterocycles. The van der Waals surface area contributed by atoms with Crippen LogP contribution in [0.1, 0.15) is 5.56 Å². The van der Waals surface area contributed by atoms with Crippen LogP contribution in [-0.2, 0) is 11.3 Å². The first kappa shape index (κ1) is 13.4. The van der Waals surface area contributed by atoms with E-state index in [0.717, 1.165) is 0 Å². The fraction of sp³-hybridized carbons (Fsp3) is 0.455. The van der Waals surface area contributed by atoms with Gasteiger partial charge in [0, 0.05) is 31.1 Å². The summed E-state index contributed by atoms with van der Waals surface area (Å²) in [7, 11) is 1.55. The number of benzene rings is 1. The van der Waals surface area contributed by atoms with Crippen molar-refractivity contribution in [1.29, 1.82) is 0 Å². The van der Waals surface area contributed by atoms with Crippen molar-refractivity contribution in [3.05, 3.63) is 35.4 Å². The molecule has 90 valence electrons. The van der Waals surface area contributed by atoms with Gasteiger partial charge >= 0.3 is 0 Å². The van der Waals surface area contributed by atoms with Crippen molar-refractivity contribution in [2.45, 2.75) is 12.6 Å². The van der Waals surface area contributed by atoms with Gasteiger partial charge in [-0.3, -0.25) is 0 Å². The molecule has 16 heavy (non-hydrogen) atoms. The van der Waals surface area contributed by atoms with Gasteiger partial charge in [-0.2, -0.15) is 0 Å². The molecule has 1 atom stereocenters. The zero-order valence-electron chi connectivity index (χ0n) is 8.97. The molecule has 5 heteroatoms. The molecule has 0 aliphatic rings. The summed E-state index contributed by atoms with van der Waals surface area (Å²) in [6, 6.07) is 3.67. The van der Waals surface area contributed by atoms with E-state index in [4.69, 9.17) is 16.3 Å². The van der Waals surface area contributed by atoms with Gasteiger partial charge in [0.1, 0.15) is 11.6 Å². The smallest absolute Gasteiger partial charge is 0.130 e. The Morgan fingerprint density at radius 1 is 1.38 bits per heavy atom. The van der Waals surface area contributed by atoms with Crippen LogP contribution in [0.5, 0.6) is 0 Å². The lowest BCUT2D eigenvalue weighted by molar-refractivity contribution is 0.172. The monoisotopic (exact) mass is 249 g/mol. The van der Waals surface area contributed by atoms with Crippen LogP contribution in [0.4, 0.5) is 8.78 Å². The van der Waals surface area contributed by atoms with Crippen LogP contribution in [0, 0.1) is 11.6 Å². The van der Waals surface area contributed by atoms with Gasteiger partial charge in [0.2, 0.25) is 0 Å². The standard InChI is InChI=1S/C11H14ClF2NO/c1-16-7-8(5-12)15-6-9-10(13)3-2-4-11(9)14/h2-4,8,15H,5-7H2,1H3. The Morgan fingerprint density at radius 3 is 2.50 bits per heavy atom. The number of methoxy groups -OCH3 is 1. The number of nitrogens with one attached hydrogen (secondary N) is 1. The first-order valence-corrected chi connectivity index (χ1v) is 5.43. The molecule has 0 bridgehead atoms. The van der Waals surface area contributed by atoms with Gasteiger partial charge in [-0.1, -0.05) is 6.07 Å². The van der Waals surface area contributed by atoms with Crippen molar-refractivity contribution < 1.29 is 13.5 Å². The molecule has 0 aliphatic heterocycles. The average molecular weight is 250 g/mol. The molecule has 1 N–H and O–H groups in total. The molecule has 0 aromatic heterocycles. The minimum Gasteiger partial charge on any atom is -0.383 e. The zero-order chi connectivity index (χ0) is 12.0. The highest BCUT2D eigenvalue weighted by molar-refractivity contribution is 6.18. The second kappa shape index (κ2) is 6.78. The maximum Gasteiger partial charge on any atom is 0.130 e. The summed E-state index contributed by atoms with van der Waals surface area (Å²) in [6.07, 6.45) is 0. The number of halogens is 3. The Labute approximate surface area is 98.6 Å². The van der Waals surface area contributed by atoms with Crippen molar-refractivity contribution in [1.82, 2.24) is 5.32 Å². The van der Waals surface area contributed by atoms with Gasteiger partial charge < -0.3 is 10.1 Å². The van der Waals surface area contributed by atoms with Gasteiger partial charge in [-0.15, -0.1) is 11.6 Å². The van der Waals surface area contributed by atoms with Gasteiger partial charge in [0.15, 0.2) is 0 Å². The number of hydrogen-bond donors (Lipinski definition) is 1. The fourth-order valence-electron chi connectivity index (χ4n) is 1.31. The lowest BCUT2D eigenvalue weighted by Crippen LogP contribution is -2.34. The van der Waals surface area contributed by atoms with Crippen LogP contribution in [-0.4, -0.2) is 25.6 Å². The maximum atomic E-state index is 13.2. The van der Waals surface area contributed by atoms with Crippen LogP contribution in [0.3, 0.4) is 0 Å². The Hall–Kier alpha value is -0.710. The zero-order valence-corrected chi connectivity index (χ0v) is 9.73. The van der Waals surface area contributed by atoms with Crippen molar-refractivity contribution in [2.75, 3.05) is 19.6 Å². The third kappa shape index (κ3) is 3.70. The van der Waals surface area contributed by atoms with Crippen LogP contribution < -0.4 is 5.32 Å². The van der Waals surface area contributed by atoms with Crippen LogP contribution in [0.2, 0.25) is 0 Å². The van der Waals surface area contributed by atoms with Crippen LogP contribution in [0.15, 0.2) is 18.2 Å². The number of alkyl halides is 1. The molecule has 1 aromatic rings. The van der Waals surface area contributed by atoms with E-state index in [1.807, 2.05) is 0 Å². The molecule has 0 radical (unpaired) electrons. The molecule has 0 saturated heterocycles. The minimum absolute atomic E-state index is 0.0220. The largest absolute Gasteiger partial charge is 0.383 e. The van der Waals surface area contributed by atoms with Crippen LogP contribution in [0.25, 0.3) is 0 Å². The second-order valence-corrected chi connectivity index (χ2v) is 3.70. The minimum atomic E-state index is -0.557. The van der Waals surface area contributed by atoms with E-state index in [-0.39, 0.29) is 18.2 Å². The maximum absolute atomic E-state index is 13.2. The van der Waals surface area contributed by atoms with E-state index < -0.39 is 11.6 Å². The summed E-state index contributed by atoms with van der Waals surface area (Å²) in [5, 5.41) is 2.93. The number of rotatable bonds is 6. The Balaban J connectivity index is 2.59. The van der Waals surface area contributed by atoms with Crippen molar-refractivity contribution in [3.8, 4) is 0 Å². The van der Waals surface area contributed by atoms with Crippen molar-refractivity contribution >= 4 is 11.6 Å². The summed E-state index contributed by atoms with van der Waals surface area (Å²) in [4.78, 5) is 0. The summed E-state index contributed by atoms with van der Waals surface area (Å²) >= 11 is 5.66. The normalized spacial score (nSPS) is 12.8. The lowest BCUT2D eigenvalue weighted by Gasteiger charge is -2.15. The summed E-state index contributed by atoms with van der Waals surface area (Å²) in [5.41, 5.74) is 0.0220. The third-order valence-electron chi connectivity index (χ3n) is 2.18. The molecule has 0 aliphatic carbocycles. The highest BCUT2D eigenvalue weighted by atomic mass is 35.5. The Bertz CT molecular complexity index is 316. The molecule has 0 saturated carbocycles. The van der Waals surface area contributed by atoms with E-state index in [0.29, 0.717) is 12.5 Å². The summed E-state index contributed by atoms with van der Waals surface area (Å²) in [6.45, 7) is 0.499. The number of ether oxygens (including phenoxy) is 1. The predicted octanol–water partition coefficient (Wildman–Crippen LogP) is 2.31. The molecular weight excluding hydrogens is 236 g/mol. The van der Waals surface area contributed by atoms with E-state index >= 15 is 0 Å². The van der Waals surface area contributed by atoms with Crippen molar-refractivity contribution in [3.63, 3.8) is 0 Å². The fourth-order valence-corrected chi connectivity index (χ4v) is 1.51. The molecule has 0 amide bonds. The topological polar surface area (TPSA) is 21.3 Å². The highest BCUT2D eigenvalue weighted by Crippen LogP contribution is 2.11. The van der Waals surface area contributed by atoms with Crippen LogP contribution >= 0.6 is 11.6 Å². The Kier molecular flexibility index (Phi) is 5.66. The molecule has 1 aromatic carbocycles. The second-order valence-electron chi connectivity index (χ2n) is 3.39. The van der Waals surface area contributed by atoms with Crippen molar-refractivity contribution in [2.24, 2.45) is 0 Å². The van der Waals surface area contributed by atoms with E-state index in [1.165, 1.54) is 18.2 Å². The highest BCUT2D eigenvalue weighted by Gasteiger charge is 2.11. The first-order valence-electron chi connectivity index (χ1n) is 4.90. The SMILES string of the molecule is COCC(CCl)NCc1c(F)cccc1F. The van der Waals surface area contributed by atoms with Gasteiger partial charge in [-0.05, 0) is 12.1 Å². The number of hydrogen-bond acceptors (Lipinski definition) is 2. The molecular formula is C11H14ClF2NO. The Morgan fingerprint density at radius 2 is 2.00 bits per heavy atom. The molecule has 0 fully saturated rings. The average Bonchev–Trinajstić information content (AvgIpc) is 2.27. The molecule has 1 unspecified atom stereocenters. The molecule has 2 nitrogen and oxygen atoms in total. The van der Waals surface area contributed by atoms with E-state index in [1.54, 1.807) is 7.11 Å². The first-order chi connectivity index (χ1) is 7.69. The van der Waals surface area contributed by atoms with E-state index in [9.17, 15) is 8.78 Å². The predicted molar refractivity (Wildman–Crippen MR) is 59.6 cm³/mol. The van der Waals surface area contributed by atoms with Gasteiger partial charge in [0.05, 0.1) is 6.61 Å². The van der Waals surface area contributed by atoms with Gasteiger partial charge in [0.25, 0.3) is 0 Å². The van der Waals surface area contributed by atoms with E-state index in [2.05, 4.69) is 5.32 Å². The summed E-state index contributed by atoms with van der Waals surface area (Å²) < 4.78 is 31.4. The third-order valence-corrected chi connectivity index (χ3v) is 2.56.